The number of anilines is 1. The highest BCUT2D eigenvalue weighted by Crippen LogP contribution is 2.26. The van der Waals surface area contributed by atoms with E-state index in [1.54, 1.807) is 0 Å². The van der Waals surface area contributed by atoms with Crippen molar-refractivity contribution in [3.63, 3.8) is 0 Å². The number of nitrogens with one attached hydrogen (secondary N) is 1. The Balaban J connectivity index is 1.73. The maximum Gasteiger partial charge on any atom is 0.176 e. The summed E-state index contributed by atoms with van der Waals surface area (Å²) in [6.07, 6.45) is 3.75. The molecular formula is C15H21N5. The lowest BCUT2D eigenvalue weighted by atomic mass is 10.1. The molecule has 5 nitrogen and oxygen atoms in total. The summed E-state index contributed by atoms with van der Waals surface area (Å²) in [7, 11) is 0. The van der Waals surface area contributed by atoms with E-state index in [1.165, 1.54) is 19.3 Å². The minimum Gasteiger partial charge on any atom is -0.366 e. The molecule has 0 saturated heterocycles. The number of hydrogen-bond acceptors (Lipinski definition) is 4. The predicted octanol–water partition coefficient (Wildman–Crippen LogP) is 2.88. The van der Waals surface area contributed by atoms with Crippen LogP contribution >= 0.6 is 0 Å². The smallest absolute Gasteiger partial charge is 0.176 e. The van der Waals surface area contributed by atoms with Crippen molar-refractivity contribution in [1.82, 2.24) is 20.0 Å². The maximum absolute atomic E-state index is 4.42. The zero-order valence-electron chi connectivity index (χ0n) is 12.3. The number of nitrogens with zero attached hydrogens (tertiary/aromatic N) is 4. The Labute approximate surface area is 119 Å². The number of aromatic nitrogens is 4. The van der Waals surface area contributed by atoms with Crippen molar-refractivity contribution >= 4 is 5.82 Å². The molecule has 2 heterocycles. The molecule has 0 spiro atoms. The van der Waals surface area contributed by atoms with Gasteiger partial charge in [-0.05, 0) is 57.2 Å². The molecule has 2 unspecified atom stereocenters. The van der Waals surface area contributed by atoms with Gasteiger partial charge in [0.25, 0.3) is 0 Å². The molecule has 1 saturated carbocycles. The van der Waals surface area contributed by atoms with E-state index in [4.69, 9.17) is 0 Å². The Bertz CT molecular complexity index is 587. The molecule has 0 bridgehead atoms. The third-order valence-electron chi connectivity index (χ3n) is 3.92. The average molecular weight is 271 g/mol. The van der Waals surface area contributed by atoms with Crippen molar-refractivity contribution in [3.8, 4) is 5.82 Å². The lowest BCUT2D eigenvalue weighted by molar-refractivity contribution is 0.602. The van der Waals surface area contributed by atoms with Crippen molar-refractivity contribution in [3.05, 3.63) is 29.6 Å². The van der Waals surface area contributed by atoms with Crippen LogP contribution < -0.4 is 5.32 Å². The second-order valence-electron chi connectivity index (χ2n) is 5.88. The van der Waals surface area contributed by atoms with E-state index in [2.05, 4.69) is 27.5 Å². The van der Waals surface area contributed by atoms with Crippen molar-refractivity contribution in [2.45, 2.75) is 46.1 Å². The van der Waals surface area contributed by atoms with Gasteiger partial charge in [0.15, 0.2) is 5.82 Å². The Morgan fingerprint density at radius 2 is 2.05 bits per heavy atom. The second kappa shape index (κ2) is 5.23. The largest absolute Gasteiger partial charge is 0.366 e. The van der Waals surface area contributed by atoms with Crippen molar-refractivity contribution in [1.29, 1.82) is 0 Å². The van der Waals surface area contributed by atoms with Gasteiger partial charge in [0.05, 0.1) is 5.69 Å². The van der Waals surface area contributed by atoms with Crippen LogP contribution in [0.25, 0.3) is 5.82 Å². The Morgan fingerprint density at radius 3 is 2.60 bits per heavy atom. The molecule has 1 aliphatic carbocycles. The Kier molecular flexibility index (Phi) is 3.42. The highest BCUT2D eigenvalue weighted by molar-refractivity contribution is 5.38. The summed E-state index contributed by atoms with van der Waals surface area (Å²) in [5.74, 6) is 2.43. The van der Waals surface area contributed by atoms with E-state index in [9.17, 15) is 0 Å². The minimum absolute atomic E-state index is 0.541. The Morgan fingerprint density at radius 1 is 1.20 bits per heavy atom. The van der Waals surface area contributed by atoms with Gasteiger partial charge < -0.3 is 5.32 Å². The van der Waals surface area contributed by atoms with Gasteiger partial charge in [0.2, 0.25) is 0 Å². The topological polar surface area (TPSA) is 55.6 Å². The highest BCUT2D eigenvalue weighted by atomic mass is 15.4. The standard InChI is InChI=1S/C15H21N5/c1-10-4-5-13(8-10)16-14-6-7-15(18-17-14)20-12(3)9-11(2)19-20/h6-7,9-10,13H,4-5,8H2,1-3H3,(H,16,17). The van der Waals surface area contributed by atoms with E-state index in [-0.39, 0.29) is 0 Å². The lowest BCUT2D eigenvalue weighted by Gasteiger charge is -2.12. The zero-order chi connectivity index (χ0) is 14.1. The number of hydrogen-bond donors (Lipinski definition) is 1. The molecule has 0 aromatic carbocycles. The lowest BCUT2D eigenvalue weighted by Crippen LogP contribution is -2.17. The third kappa shape index (κ3) is 2.66. The molecule has 20 heavy (non-hydrogen) atoms. The van der Waals surface area contributed by atoms with Gasteiger partial charge in [-0.3, -0.25) is 0 Å². The van der Waals surface area contributed by atoms with Crippen LogP contribution in [-0.2, 0) is 0 Å². The monoisotopic (exact) mass is 271 g/mol. The van der Waals surface area contributed by atoms with Gasteiger partial charge in [0.1, 0.15) is 5.82 Å². The fourth-order valence-electron chi connectivity index (χ4n) is 2.92. The molecule has 5 heteroatoms. The van der Waals surface area contributed by atoms with Crippen LogP contribution in [0.5, 0.6) is 0 Å². The van der Waals surface area contributed by atoms with Gasteiger partial charge in [-0.25, -0.2) is 4.68 Å². The molecule has 0 radical (unpaired) electrons. The van der Waals surface area contributed by atoms with Crippen molar-refractivity contribution in [2.75, 3.05) is 5.32 Å². The summed E-state index contributed by atoms with van der Waals surface area (Å²) in [6, 6.07) is 6.53. The number of rotatable bonds is 3. The quantitative estimate of drug-likeness (QED) is 0.932. The minimum atomic E-state index is 0.541. The molecule has 1 aliphatic rings. The fraction of sp³-hybridized carbons (Fsp3) is 0.533. The molecule has 0 amide bonds. The van der Waals surface area contributed by atoms with Crippen LogP contribution in [-0.4, -0.2) is 26.0 Å². The first-order valence-electron chi connectivity index (χ1n) is 7.26. The van der Waals surface area contributed by atoms with Crippen LogP contribution in [0.4, 0.5) is 5.82 Å². The summed E-state index contributed by atoms with van der Waals surface area (Å²) >= 11 is 0. The first-order chi connectivity index (χ1) is 9.61. The average Bonchev–Trinajstić information content (AvgIpc) is 2.96. The SMILES string of the molecule is Cc1cc(C)n(-c2ccc(NC3CCC(C)C3)nn2)n1. The van der Waals surface area contributed by atoms with E-state index in [0.29, 0.717) is 6.04 Å². The molecule has 1 N–H and O–H groups in total. The van der Waals surface area contributed by atoms with Crippen LogP contribution in [0, 0.1) is 19.8 Å². The van der Waals surface area contributed by atoms with E-state index < -0.39 is 0 Å². The van der Waals surface area contributed by atoms with Crippen LogP contribution in [0.3, 0.4) is 0 Å². The third-order valence-corrected chi connectivity index (χ3v) is 3.92. The van der Waals surface area contributed by atoms with Crippen LogP contribution in [0.1, 0.15) is 37.6 Å². The van der Waals surface area contributed by atoms with Gasteiger partial charge in [0, 0.05) is 11.7 Å². The molecule has 0 aliphatic heterocycles. The van der Waals surface area contributed by atoms with Gasteiger partial charge in [-0.15, -0.1) is 10.2 Å². The normalized spacial score (nSPS) is 22.1. The molecule has 3 rings (SSSR count). The second-order valence-corrected chi connectivity index (χ2v) is 5.88. The number of aryl methyl sites for hydroxylation is 2. The summed E-state index contributed by atoms with van der Waals surface area (Å²) in [5, 5.41) is 16.4. The molecule has 2 aromatic heterocycles. The highest BCUT2D eigenvalue weighted by Gasteiger charge is 2.21. The van der Waals surface area contributed by atoms with Gasteiger partial charge in [-0.1, -0.05) is 6.92 Å². The van der Waals surface area contributed by atoms with Crippen LogP contribution in [0.15, 0.2) is 18.2 Å². The van der Waals surface area contributed by atoms with Crippen molar-refractivity contribution in [2.24, 2.45) is 5.92 Å². The first-order valence-corrected chi connectivity index (χ1v) is 7.26. The van der Waals surface area contributed by atoms with E-state index >= 15 is 0 Å². The maximum atomic E-state index is 4.42. The summed E-state index contributed by atoms with van der Waals surface area (Å²) in [4.78, 5) is 0. The Hall–Kier alpha value is -1.91. The molecule has 2 atom stereocenters. The molecule has 1 fully saturated rings. The zero-order valence-corrected chi connectivity index (χ0v) is 12.3. The predicted molar refractivity (Wildman–Crippen MR) is 79.1 cm³/mol. The van der Waals surface area contributed by atoms with Crippen molar-refractivity contribution < 1.29 is 0 Å². The molecular weight excluding hydrogens is 250 g/mol. The molecule has 106 valence electrons. The summed E-state index contributed by atoms with van der Waals surface area (Å²) in [6.45, 7) is 6.31. The van der Waals surface area contributed by atoms with Gasteiger partial charge >= 0.3 is 0 Å². The first kappa shape index (κ1) is 13.1. The molecule has 2 aromatic rings. The fourth-order valence-corrected chi connectivity index (χ4v) is 2.92. The van der Waals surface area contributed by atoms with E-state index in [0.717, 1.165) is 28.9 Å². The van der Waals surface area contributed by atoms with E-state index in [1.807, 2.05) is 36.7 Å². The summed E-state index contributed by atoms with van der Waals surface area (Å²) in [5.41, 5.74) is 2.06. The summed E-state index contributed by atoms with van der Waals surface area (Å²) < 4.78 is 1.82. The van der Waals surface area contributed by atoms with Gasteiger partial charge in [-0.2, -0.15) is 5.10 Å². The van der Waals surface area contributed by atoms with Crippen LogP contribution in [0.2, 0.25) is 0 Å².